The molecular formula is C13H22N4O. The zero-order valence-electron chi connectivity index (χ0n) is 11.2. The number of aromatic nitrogens is 2. The van der Waals surface area contributed by atoms with Crippen molar-refractivity contribution in [1.82, 2.24) is 15.5 Å². The molecule has 1 aliphatic rings. The fourth-order valence-corrected chi connectivity index (χ4v) is 1.90. The Kier molecular flexibility index (Phi) is 4.90. The van der Waals surface area contributed by atoms with Gasteiger partial charge in [-0.15, -0.1) is 5.10 Å². The Morgan fingerprint density at radius 1 is 1.28 bits per heavy atom. The first-order valence-corrected chi connectivity index (χ1v) is 6.64. The average Bonchev–Trinajstić information content (AvgIpc) is 2.66. The summed E-state index contributed by atoms with van der Waals surface area (Å²) in [6, 6.07) is 4.56. The highest BCUT2D eigenvalue weighted by atomic mass is 16.5. The lowest BCUT2D eigenvalue weighted by Gasteiger charge is -2.20. The molecule has 0 saturated carbocycles. The molecule has 1 saturated heterocycles. The van der Waals surface area contributed by atoms with Gasteiger partial charge in [0.05, 0.1) is 12.3 Å². The van der Waals surface area contributed by atoms with Gasteiger partial charge in [-0.3, -0.25) is 0 Å². The molecule has 5 heteroatoms. The predicted molar refractivity (Wildman–Crippen MR) is 71.7 cm³/mol. The van der Waals surface area contributed by atoms with Gasteiger partial charge in [0, 0.05) is 32.3 Å². The monoisotopic (exact) mass is 250 g/mol. The topological polar surface area (TPSA) is 50.3 Å². The quantitative estimate of drug-likeness (QED) is 0.870. The third-order valence-corrected chi connectivity index (χ3v) is 2.94. The summed E-state index contributed by atoms with van der Waals surface area (Å²) in [6.07, 6.45) is 1.05. The summed E-state index contributed by atoms with van der Waals surface area (Å²) in [6.45, 7) is 8.54. The molecule has 1 aromatic heterocycles. The van der Waals surface area contributed by atoms with E-state index in [2.05, 4.69) is 40.3 Å². The summed E-state index contributed by atoms with van der Waals surface area (Å²) in [4.78, 5) is 2.24. The van der Waals surface area contributed by atoms with E-state index in [1.54, 1.807) is 0 Å². The normalized spacial score (nSPS) is 16.9. The first-order valence-electron chi connectivity index (χ1n) is 6.64. The molecular weight excluding hydrogens is 228 g/mol. The van der Waals surface area contributed by atoms with E-state index in [1.807, 2.05) is 6.07 Å². The molecule has 0 aliphatic carbocycles. The van der Waals surface area contributed by atoms with Gasteiger partial charge in [0.15, 0.2) is 5.82 Å². The lowest BCUT2D eigenvalue weighted by atomic mass is 10.3. The standard InChI is InChI=1S/C13H22N4O/c1-11(2)14-10-12-4-5-13(16-15-12)17-6-3-8-18-9-7-17/h4-5,11,14H,3,6-10H2,1-2H3. The Morgan fingerprint density at radius 2 is 2.17 bits per heavy atom. The third kappa shape index (κ3) is 3.92. The number of hydrogen-bond donors (Lipinski definition) is 1. The van der Waals surface area contributed by atoms with E-state index in [0.717, 1.165) is 50.8 Å². The van der Waals surface area contributed by atoms with Crippen molar-refractivity contribution in [3.63, 3.8) is 0 Å². The molecule has 100 valence electrons. The van der Waals surface area contributed by atoms with Crippen LogP contribution in [-0.4, -0.2) is 42.5 Å². The van der Waals surface area contributed by atoms with Crippen LogP contribution in [0.2, 0.25) is 0 Å². The van der Waals surface area contributed by atoms with E-state index in [0.29, 0.717) is 6.04 Å². The van der Waals surface area contributed by atoms with Crippen molar-refractivity contribution in [2.45, 2.75) is 32.9 Å². The highest BCUT2D eigenvalue weighted by molar-refractivity contribution is 5.37. The van der Waals surface area contributed by atoms with Gasteiger partial charge in [0.25, 0.3) is 0 Å². The molecule has 0 amide bonds. The van der Waals surface area contributed by atoms with E-state index in [4.69, 9.17) is 4.74 Å². The van der Waals surface area contributed by atoms with Gasteiger partial charge in [-0.1, -0.05) is 13.8 Å². The van der Waals surface area contributed by atoms with Crippen LogP contribution in [0.1, 0.15) is 26.0 Å². The lowest BCUT2D eigenvalue weighted by Crippen LogP contribution is -2.27. The van der Waals surface area contributed by atoms with Gasteiger partial charge in [0.1, 0.15) is 0 Å². The Bertz CT molecular complexity index is 345. The first kappa shape index (κ1) is 13.2. The van der Waals surface area contributed by atoms with E-state index < -0.39 is 0 Å². The number of nitrogens with zero attached hydrogens (tertiary/aromatic N) is 3. The fourth-order valence-electron chi connectivity index (χ4n) is 1.90. The molecule has 0 aromatic carbocycles. The highest BCUT2D eigenvalue weighted by Gasteiger charge is 2.11. The second-order valence-corrected chi connectivity index (χ2v) is 4.87. The van der Waals surface area contributed by atoms with E-state index in [9.17, 15) is 0 Å². The van der Waals surface area contributed by atoms with Crippen LogP contribution in [0.25, 0.3) is 0 Å². The molecule has 1 fully saturated rings. The molecule has 0 bridgehead atoms. The first-order chi connectivity index (χ1) is 8.75. The third-order valence-electron chi connectivity index (χ3n) is 2.94. The fraction of sp³-hybridized carbons (Fsp3) is 0.692. The van der Waals surface area contributed by atoms with Gasteiger partial charge < -0.3 is 15.0 Å². The SMILES string of the molecule is CC(C)NCc1ccc(N2CCCOCC2)nn1. The van der Waals surface area contributed by atoms with Crippen molar-refractivity contribution in [3.05, 3.63) is 17.8 Å². The average molecular weight is 250 g/mol. The van der Waals surface area contributed by atoms with E-state index >= 15 is 0 Å². The summed E-state index contributed by atoms with van der Waals surface area (Å²) < 4.78 is 5.43. The lowest BCUT2D eigenvalue weighted by molar-refractivity contribution is 0.152. The molecule has 1 aromatic rings. The summed E-state index contributed by atoms with van der Waals surface area (Å²) in [5.74, 6) is 0.953. The Hall–Kier alpha value is -1.20. The van der Waals surface area contributed by atoms with Crippen LogP contribution in [0, 0.1) is 0 Å². The van der Waals surface area contributed by atoms with Crippen molar-refractivity contribution < 1.29 is 4.74 Å². The van der Waals surface area contributed by atoms with Crippen molar-refractivity contribution in [2.24, 2.45) is 0 Å². The highest BCUT2D eigenvalue weighted by Crippen LogP contribution is 2.11. The van der Waals surface area contributed by atoms with Gasteiger partial charge in [0.2, 0.25) is 0 Å². The van der Waals surface area contributed by atoms with Crippen LogP contribution >= 0.6 is 0 Å². The van der Waals surface area contributed by atoms with E-state index in [1.165, 1.54) is 0 Å². The molecule has 1 aliphatic heterocycles. The van der Waals surface area contributed by atoms with Gasteiger partial charge in [-0.05, 0) is 18.6 Å². The molecule has 0 radical (unpaired) electrons. The van der Waals surface area contributed by atoms with Crippen molar-refractivity contribution in [1.29, 1.82) is 0 Å². The molecule has 2 rings (SSSR count). The predicted octanol–water partition coefficient (Wildman–Crippen LogP) is 1.20. The second kappa shape index (κ2) is 6.66. The Labute approximate surface area is 109 Å². The van der Waals surface area contributed by atoms with E-state index in [-0.39, 0.29) is 0 Å². The van der Waals surface area contributed by atoms with Crippen molar-refractivity contribution in [2.75, 3.05) is 31.2 Å². The molecule has 18 heavy (non-hydrogen) atoms. The largest absolute Gasteiger partial charge is 0.380 e. The van der Waals surface area contributed by atoms with Gasteiger partial charge in [-0.25, -0.2) is 0 Å². The Morgan fingerprint density at radius 3 is 2.89 bits per heavy atom. The number of rotatable bonds is 4. The number of hydrogen-bond acceptors (Lipinski definition) is 5. The molecule has 1 N–H and O–H groups in total. The number of nitrogens with one attached hydrogen (secondary N) is 1. The van der Waals surface area contributed by atoms with Crippen LogP contribution in [0.5, 0.6) is 0 Å². The van der Waals surface area contributed by atoms with Crippen LogP contribution in [0.3, 0.4) is 0 Å². The maximum Gasteiger partial charge on any atom is 0.151 e. The molecule has 0 unspecified atom stereocenters. The molecule has 5 nitrogen and oxygen atoms in total. The molecule has 0 spiro atoms. The zero-order valence-corrected chi connectivity index (χ0v) is 11.2. The van der Waals surface area contributed by atoms with Gasteiger partial charge in [-0.2, -0.15) is 5.10 Å². The summed E-state index contributed by atoms with van der Waals surface area (Å²) in [5, 5.41) is 11.9. The smallest absolute Gasteiger partial charge is 0.151 e. The minimum Gasteiger partial charge on any atom is -0.380 e. The Balaban J connectivity index is 1.93. The molecule has 2 heterocycles. The van der Waals surface area contributed by atoms with Crippen molar-refractivity contribution in [3.8, 4) is 0 Å². The van der Waals surface area contributed by atoms with Crippen LogP contribution < -0.4 is 10.2 Å². The maximum atomic E-state index is 5.43. The summed E-state index contributed by atoms with van der Waals surface area (Å²) in [5.41, 5.74) is 0.985. The maximum absolute atomic E-state index is 5.43. The number of anilines is 1. The van der Waals surface area contributed by atoms with Crippen molar-refractivity contribution >= 4 is 5.82 Å². The molecule has 0 atom stereocenters. The zero-order chi connectivity index (χ0) is 12.8. The second-order valence-electron chi connectivity index (χ2n) is 4.87. The minimum atomic E-state index is 0.467. The van der Waals surface area contributed by atoms with Crippen LogP contribution in [0.15, 0.2) is 12.1 Å². The van der Waals surface area contributed by atoms with Crippen LogP contribution in [0.4, 0.5) is 5.82 Å². The number of ether oxygens (including phenoxy) is 1. The van der Waals surface area contributed by atoms with Gasteiger partial charge >= 0.3 is 0 Å². The minimum absolute atomic E-state index is 0.467. The summed E-state index contributed by atoms with van der Waals surface area (Å²) >= 11 is 0. The van der Waals surface area contributed by atoms with Crippen LogP contribution in [-0.2, 0) is 11.3 Å². The summed E-state index contributed by atoms with van der Waals surface area (Å²) in [7, 11) is 0.